The van der Waals surface area contributed by atoms with Crippen molar-refractivity contribution in [2.75, 3.05) is 34.6 Å². The number of ether oxygens (including phenoxy) is 4. The number of ketones is 1. The number of fused-ring (bicyclic) bond motifs is 2. The average molecular weight is 398 g/mol. The maximum absolute atomic E-state index is 12.9. The third-order valence-corrected chi connectivity index (χ3v) is 5.96. The SMILES string of the molecule is COc1ccc(CCC(=O)C[C@H]2c3c(cc4c(c3OC)OCO4)CC[NH+]2C)cc1. The zero-order valence-corrected chi connectivity index (χ0v) is 17.2. The van der Waals surface area contributed by atoms with Crippen LogP contribution in [0, 0.1) is 0 Å². The van der Waals surface area contributed by atoms with Gasteiger partial charge in [0.15, 0.2) is 11.5 Å². The molecule has 4 rings (SSSR count). The molecule has 0 bridgehead atoms. The van der Waals surface area contributed by atoms with Gasteiger partial charge in [-0.2, -0.15) is 0 Å². The highest BCUT2D eigenvalue weighted by molar-refractivity contribution is 5.79. The normalized spacial score (nSPS) is 19.6. The third kappa shape index (κ3) is 3.90. The van der Waals surface area contributed by atoms with E-state index in [0.29, 0.717) is 18.6 Å². The van der Waals surface area contributed by atoms with Crippen molar-refractivity contribution in [3.63, 3.8) is 0 Å². The lowest BCUT2D eigenvalue weighted by atomic mass is 9.87. The molecule has 0 fully saturated rings. The van der Waals surface area contributed by atoms with Crippen molar-refractivity contribution in [3.8, 4) is 23.0 Å². The zero-order chi connectivity index (χ0) is 20.4. The predicted molar refractivity (Wildman–Crippen MR) is 108 cm³/mol. The number of aryl methyl sites for hydroxylation is 1. The summed E-state index contributed by atoms with van der Waals surface area (Å²) in [5.74, 6) is 3.22. The van der Waals surface area contributed by atoms with Gasteiger partial charge in [0.2, 0.25) is 12.5 Å². The molecule has 2 heterocycles. The predicted octanol–water partition coefficient (Wildman–Crippen LogP) is 2.14. The fourth-order valence-electron chi connectivity index (χ4n) is 4.30. The quantitative estimate of drug-likeness (QED) is 0.774. The zero-order valence-electron chi connectivity index (χ0n) is 17.2. The summed E-state index contributed by atoms with van der Waals surface area (Å²) < 4.78 is 22.1. The van der Waals surface area contributed by atoms with Gasteiger partial charge in [0.25, 0.3) is 0 Å². The molecule has 0 aromatic heterocycles. The summed E-state index contributed by atoms with van der Waals surface area (Å²) in [5.41, 5.74) is 3.44. The van der Waals surface area contributed by atoms with E-state index >= 15 is 0 Å². The summed E-state index contributed by atoms with van der Waals surface area (Å²) in [5, 5.41) is 0. The van der Waals surface area contributed by atoms with Crippen LogP contribution in [-0.4, -0.2) is 40.4 Å². The molecule has 2 aliphatic rings. The highest BCUT2D eigenvalue weighted by Gasteiger charge is 2.37. The number of nitrogens with one attached hydrogen (secondary N) is 1. The highest BCUT2D eigenvalue weighted by atomic mass is 16.7. The number of hydrogen-bond acceptors (Lipinski definition) is 5. The van der Waals surface area contributed by atoms with Crippen LogP contribution >= 0.6 is 0 Å². The molecule has 0 aliphatic carbocycles. The Labute approximate surface area is 171 Å². The van der Waals surface area contributed by atoms with Crippen LogP contribution in [0.4, 0.5) is 0 Å². The summed E-state index contributed by atoms with van der Waals surface area (Å²) in [6.07, 6.45) is 2.69. The topological polar surface area (TPSA) is 58.4 Å². The van der Waals surface area contributed by atoms with Gasteiger partial charge >= 0.3 is 0 Å². The molecule has 2 aromatic rings. The standard InChI is InChI=1S/C23H27NO5/c1-24-11-10-16-12-20-22(29-14-28-20)23(27-3)21(16)19(24)13-17(25)7-4-15-5-8-18(26-2)9-6-15/h5-6,8-9,12,19H,4,7,10-11,13-14H2,1-3H3/p+1/t19-/m0/s1. The van der Waals surface area contributed by atoms with E-state index < -0.39 is 0 Å². The van der Waals surface area contributed by atoms with Crippen molar-refractivity contribution in [1.29, 1.82) is 0 Å². The van der Waals surface area contributed by atoms with Crippen molar-refractivity contribution in [1.82, 2.24) is 0 Å². The number of benzene rings is 2. The number of rotatable bonds is 7. The first kappa shape index (κ1) is 19.6. The van der Waals surface area contributed by atoms with Gasteiger partial charge in [0.05, 0.1) is 39.8 Å². The second kappa shape index (κ2) is 8.33. The van der Waals surface area contributed by atoms with E-state index in [1.54, 1.807) is 14.2 Å². The fourth-order valence-corrected chi connectivity index (χ4v) is 4.30. The Bertz CT molecular complexity index is 893. The van der Waals surface area contributed by atoms with Gasteiger partial charge in [-0.1, -0.05) is 12.1 Å². The fraction of sp³-hybridized carbons (Fsp3) is 0.435. The molecular weight excluding hydrogens is 370 g/mol. The second-order valence-electron chi connectivity index (χ2n) is 7.71. The van der Waals surface area contributed by atoms with E-state index in [1.165, 1.54) is 10.5 Å². The molecule has 2 aromatic carbocycles. The largest absolute Gasteiger partial charge is 0.497 e. The summed E-state index contributed by atoms with van der Waals surface area (Å²) in [4.78, 5) is 14.2. The lowest BCUT2D eigenvalue weighted by molar-refractivity contribution is -0.914. The van der Waals surface area contributed by atoms with Crippen molar-refractivity contribution in [2.24, 2.45) is 0 Å². The van der Waals surface area contributed by atoms with Gasteiger partial charge in [0.1, 0.15) is 17.6 Å². The smallest absolute Gasteiger partial charge is 0.231 e. The minimum absolute atomic E-state index is 0.0616. The van der Waals surface area contributed by atoms with E-state index in [9.17, 15) is 4.79 Å². The molecule has 6 nitrogen and oxygen atoms in total. The molecule has 0 radical (unpaired) electrons. The summed E-state index contributed by atoms with van der Waals surface area (Å²) in [7, 11) is 5.46. The van der Waals surface area contributed by atoms with Crippen LogP contribution in [0.3, 0.4) is 0 Å². The van der Waals surface area contributed by atoms with Gasteiger partial charge in [-0.3, -0.25) is 4.79 Å². The monoisotopic (exact) mass is 398 g/mol. The third-order valence-electron chi connectivity index (χ3n) is 5.96. The summed E-state index contributed by atoms with van der Waals surface area (Å²) in [6, 6.07) is 10.0. The molecule has 2 atom stereocenters. The van der Waals surface area contributed by atoms with Crippen LogP contribution in [0.25, 0.3) is 0 Å². The number of carbonyl (C=O) groups excluding carboxylic acids is 1. The van der Waals surface area contributed by atoms with Gasteiger partial charge in [-0.05, 0) is 35.7 Å². The first-order chi connectivity index (χ1) is 14.1. The molecule has 1 unspecified atom stereocenters. The van der Waals surface area contributed by atoms with Crippen LogP contribution in [0.5, 0.6) is 23.0 Å². The number of hydrogen-bond donors (Lipinski definition) is 1. The molecule has 0 saturated carbocycles. The van der Waals surface area contributed by atoms with E-state index in [1.807, 2.05) is 24.3 Å². The molecule has 154 valence electrons. The molecule has 0 spiro atoms. The first-order valence-corrected chi connectivity index (χ1v) is 10.1. The van der Waals surface area contributed by atoms with Crippen molar-refractivity contribution in [2.45, 2.75) is 31.7 Å². The number of likely N-dealkylation sites (N-methyl/N-ethyl adjacent to an activating group) is 1. The summed E-state index contributed by atoms with van der Waals surface area (Å²) in [6.45, 7) is 1.19. The maximum atomic E-state index is 12.9. The van der Waals surface area contributed by atoms with E-state index in [4.69, 9.17) is 18.9 Å². The highest BCUT2D eigenvalue weighted by Crippen LogP contribution is 2.47. The van der Waals surface area contributed by atoms with Crippen LogP contribution in [-0.2, 0) is 17.6 Å². The van der Waals surface area contributed by atoms with Crippen molar-refractivity contribution in [3.05, 3.63) is 47.0 Å². The lowest BCUT2D eigenvalue weighted by Crippen LogP contribution is -3.10. The van der Waals surface area contributed by atoms with Gasteiger partial charge in [-0.25, -0.2) is 0 Å². The minimum Gasteiger partial charge on any atom is -0.497 e. The maximum Gasteiger partial charge on any atom is 0.231 e. The Balaban J connectivity index is 1.50. The number of methoxy groups -OCH3 is 2. The molecule has 2 aliphatic heterocycles. The van der Waals surface area contributed by atoms with Gasteiger partial charge in [0, 0.05) is 12.8 Å². The molecular formula is C23H28NO5+. The Morgan fingerprint density at radius 2 is 1.97 bits per heavy atom. The minimum atomic E-state index is 0.0616. The second-order valence-corrected chi connectivity index (χ2v) is 7.71. The van der Waals surface area contributed by atoms with Gasteiger partial charge in [-0.15, -0.1) is 0 Å². The van der Waals surface area contributed by atoms with E-state index in [-0.39, 0.29) is 18.6 Å². The average Bonchev–Trinajstić information content (AvgIpc) is 3.21. The number of carbonyl (C=O) groups is 1. The van der Waals surface area contributed by atoms with E-state index in [2.05, 4.69) is 13.1 Å². The molecule has 0 saturated heterocycles. The first-order valence-electron chi connectivity index (χ1n) is 10.1. The van der Waals surface area contributed by atoms with Crippen LogP contribution in [0.2, 0.25) is 0 Å². The number of Topliss-reactive ketones (excluding diaryl/α,β-unsaturated/α-hetero) is 1. The lowest BCUT2D eigenvalue weighted by Gasteiger charge is -2.32. The summed E-state index contributed by atoms with van der Waals surface area (Å²) >= 11 is 0. The Morgan fingerprint density at radius 1 is 1.17 bits per heavy atom. The Morgan fingerprint density at radius 3 is 2.69 bits per heavy atom. The molecule has 6 heteroatoms. The molecule has 0 amide bonds. The van der Waals surface area contributed by atoms with E-state index in [0.717, 1.165) is 47.8 Å². The Kier molecular flexibility index (Phi) is 5.62. The van der Waals surface area contributed by atoms with Crippen LogP contribution in [0.15, 0.2) is 30.3 Å². The van der Waals surface area contributed by atoms with Crippen molar-refractivity contribution < 1.29 is 28.6 Å². The van der Waals surface area contributed by atoms with Crippen molar-refractivity contribution >= 4 is 5.78 Å². The number of quaternary nitrogens is 1. The molecule has 1 N–H and O–H groups in total. The van der Waals surface area contributed by atoms with Crippen LogP contribution in [0.1, 0.15) is 35.6 Å². The Hall–Kier alpha value is -2.73. The molecule has 29 heavy (non-hydrogen) atoms. The van der Waals surface area contributed by atoms with Gasteiger partial charge < -0.3 is 23.8 Å². The van der Waals surface area contributed by atoms with Crippen LogP contribution < -0.4 is 23.8 Å².